The van der Waals surface area contributed by atoms with Gasteiger partial charge in [0.05, 0.1) is 0 Å². The van der Waals surface area contributed by atoms with Gasteiger partial charge in [-0.15, -0.1) is 10.2 Å². The van der Waals surface area contributed by atoms with E-state index in [0.717, 1.165) is 11.9 Å². The molecule has 0 bridgehead atoms. The van der Waals surface area contributed by atoms with E-state index in [1.807, 2.05) is 16.5 Å². The van der Waals surface area contributed by atoms with Crippen molar-refractivity contribution in [1.29, 1.82) is 0 Å². The fraction of sp³-hybridized carbons (Fsp3) is 0.500. The molecule has 0 radical (unpaired) electrons. The highest BCUT2D eigenvalue weighted by molar-refractivity contribution is 5.92. The van der Waals surface area contributed by atoms with Crippen LogP contribution in [-0.4, -0.2) is 41.8 Å². The van der Waals surface area contributed by atoms with Gasteiger partial charge in [0.1, 0.15) is 18.1 Å². The maximum absolute atomic E-state index is 12.1. The fourth-order valence-electron chi connectivity index (χ4n) is 2.91. The predicted molar refractivity (Wildman–Crippen MR) is 82.5 cm³/mol. The van der Waals surface area contributed by atoms with E-state index in [2.05, 4.69) is 20.5 Å². The van der Waals surface area contributed by atoms with Crippen molar-refractivity contribution in [2.24, 2.45) is 0 Å². The molecule has 0 aliphatic heterocycles. The van der Waals surface area contributed by atoms with Gasteiger partial charge in [-0.05, 0) is 19.8 Å². The number of carbonyl (C=O) groups excluding carboxylic acids is 1. The number of nitrogens with zero attached hydrogens (tertiary/aromatic N) is 3. The zero-order valence-electron chi connectivity index (χ0n) is 13.1. The molecule has 128 valence electrons. The molecule has 1 aliphatic rings. The molecule has 0 atom stereocenters. The third-order valence-electron chi connectivity index (χ3n) is 4.16. The van der Waals surface area contributed by atoms with E-state index in [1.54, 1.807) is 0 Å². The molecule has 1 fully saturated rings. The van der Waals surface area contributed by atoms with Crippen LogP contribution in [0, 0.1) is 0 Å². The Hall–Kier alpha value is -2.75. The van der Waals surface area contributed by atoms with Crippen molar-refractivity contribution in [2.75, 3.05) is 0 Å². The number of carbonyl (C=O) groups is 1. The summed E-state index contributed by atoms with van der Waals surface area (Å²) in [6.07, 6.45) is 1.37. The summed E-state index contributed by atoms with van der Waals surface area (Å²) in [6, 6.07) is 0.985. The average molecular weight is 334 g/mol. The lowest BCUT2D eigenvalue weighted by Gasteiger charge is -2.35. The predicted octanol–water partition coefficient (Wildman–Crippen LogP) is -1.16. The van der Waals surface area contributed by atoms with Gasteiger partial charge in [0.2, 0.25) is 0 Å². The SMILES string of the molecule is CCn1c(CO)nnc1C1CC(NC(=O)c2cc(=O)[nH]c(=O)[nH]2)C1. The highest BCUT2D eigenvalue weighted by Gasteiger charge is 2.35. The van der Waals surface area contributed by atoms with Crippen LogP contribution < -0.4 is 16.6 Å². The molecule has 1 saturated carbocycles. The van der Waals surface area contributed by atoms with Crippen LogP contribution in [0.25, 0.3) is 0 Å². The number of aromatic amines is 2. The second-order valence-electron chi connectivity index (χ2n) is 5.72. The van der Waals surface area contributed by atoms with Gasteiger partial charge in [-0.2, -0.15) is 0 Å². The minimum atomic E-state index is -0.716. The van der Waals surface area contributed by atoms with Gasteiger partial charge in [0, 0.05) is 24.6 Å². The smallest absolute Gasteiger partial charge is 0.326 e. The van der Waals surface area contributed by atoms with E-state index in [0.29, 0.717) is 25.2 Å². The third kappa shape index (κ3) is 3.00. The van der Waals surface area contributed by atoms with E-state index < -0.39 is 17.2 Å². The first-order valence-corrected chi connectivity index (χ1v) is 7.69. The van der Waals surface area contributed by atoms with E-state index in [1.165, 1.54) is 0 Å². The van der Waals surface area contributed by atoms with Crippen molar-refractivity contribution in [3.63, 3.8) is 0 Å². The molecule has 0 aromatic carbocycles. The maximum Gasteiger partial charge on any atom is 0.326 e. The van der Waals surface area contributed by atoms with Crippen LogP contribution in [0.3, 0.4) is 0 Å². The lowest BCUT2D eigenvalue weighted by atomic mass is 9.79. The zero-order chi connectivity index (χ0) is 17.3. The van der Waals surface area contributed by atoms with Crippen LogP contribution in [0.4, 0.5) is 0 Å². The second kappa shape index (κ2) is 6.40. The molecule has 0 spiro atoms. The molecule has 2 heterocycles. The second-order valence-corrected chi connectivity index (χ2v) is 5.72. The van der Waals surface area contributed by atoms with Crippen molar-refractivity contribution >= 4 is 5.91 Å². The minimum Gasteiger partial charge on any atom is -0.388 e. The molecule has 3 rings (SSSR count). The van der Waals surface area contributed by atoms with Crippen molar-refractivity contribution in [1.82, 2.24) is 30.0 Å². The third-order valence-corrected chi connectivity index (χ3v) is 4.16. The summed E-state index contributed by atoms with van der Waals surface area (Å²) in [7, 11) is 0. The molecule has 4 N–H and O–H groups in total. The van der Waals surface area contributed by atoms with Gasteiger partial charge in [-0.1, -0.05) is 0 Å². The topological polar surface area (TPSA) is 146 Å². The van der Waals surface area contributed by atoms with Crippen molar-refractivity contribution in [3.8, 4) is 0 Å². The van der Waals surface area contributed by atoms with Crippen molar-refractivity contribution < 1.29 is 9.90 Å². The Kier molecular flexibility index (Phi) is 4.30. The Morgan fingerprint density at radius 1 is 1.38 bits per heavy atom. The molecule has 10 nitrogen and oxygen atoms in total. The molecular weight excluding hydrogens is 316 g/mol. The Morgan fingerprint density at radius 3 is 2.75 bits per heavy atom. The molecule has 2 aromatic rings. The average Bonchev–Trinajstić information content (AvgIpc) is 2.91. The molecule has 0 unspecified atom stereocenters. The summed E-state index contributed by atoms with van der Waals surface area (Å²) in [4.78, 5) is 38.8. The highest BCUT2D eigenvalue weighted by atomic mass is 16.3. The number of aromatic nitrogens is 5. The zero-order valence-corrected chi connectivity index (χ0v) is 13.1. The van der Waals surface area contributed by atoms with Gasteiger partial charge in [-0.3, -0.25) is 14.6 Å². The summed E-state index contributed by atoms with van der Waals surface area (Å²) < 4.78 is 1.87. The molecule has 1 amide bonds. The molecular formula is C14H18N6O4. The van der Waals surface area contributed by atoms with Crippen molar-refractivity contribution in [3.05, 3.63) is 44.2 Å². The monoisotopic (exact) mass is 334 g/mol. The maximum atomic E-state index is 12.1. The first kappa shape index (κ1) is 16.1. The first-order chi connectivity index (χ1) is 11.5. The lowest BCUT2D eigenvalue weighted by Crippen LogP contribution is -2.45. The number of rotatable bonds is 5. The van der Waals surface area contributed by atoms with Gasteiger partial charge < -0.3 is 20.0 Å². The van der Waals surface area contributed by atoms with Crippen LogP contribution in [0.2, 0.25) is 0 Å². The van der Waals surface area contributed by atoms with Crippen LogP contribution in [-0.2, 0) is 13.2 Å². The lowest BCUT2D eigenvalue weighted by molar-refractivity contribution is 0.0901. The number of H-pyrrole nitrogens is 2. The molecule has 10 heteroatoms. The minimum absolute atomic E-state index is 0.0634. The number of nitrogens with one attached hydrogen (secondary N) is 3. The normalized spacial score (nSPS) is 19.8. The van der Waals surface area contributed by atoms with Crippen LogP contribution >= 0.6 is 0 Å². The van der Waals surface area contributed by atoms with E-state index in [-0.39, 0.29) is 24.3 Å². The summed E-state index contributed by atoms with van der Waals surface area (Å²) in [6.45, 7) is 2.46. The molecule has 1 aliphatic carbocycles. The van der Waals surface area contributed by atoms with Gasteiger partial charge in [-0.25, -0.2) is 4.79 Å². The number of hydrogen-bond donors (Lipinski definition) is 4. The number of aliphatic hydroxyl groups excluding tert-OH is 1. The standard InChI is InChI=1S/C14H18N6O4/c1-2-20-10(6-21)18-19-12(20)7-3-8(4-7)15-13(23)9-5-11(22)17-14(24)16-9/h5,7-8,21H,2-4,6H2,1H3,(H,15,23)(H2,16,17,22,24). The summed E-state index contributed by atoms with van der Waals surface area (Å²) in [5, 5.41) is 20.1. The van der Waals surface area contributed by atoms with E-state index in [9.17, 15) is 19.5 Å². The Morgan fingerprint density at radius 2 is 2.12 bits per heavy atom. The Labute approximate surface area is 135 Å². The molecule has 24 heavy (non-hydrogen) atoms. The quantitative estimate of drug-likeness (QED) is 0.543. The largest absolute Gasteiger partial charge is 0.388 e. The van der Waals surface area contributed by atoms with E-state index in [4.69, 9.17) is 0 Å². The van der Waals surface area contributed by atoms with Gasteiger partial charge in [0.25, 0.3) is 11.5 Å². The van der Waals surface area contributed by atoms with Crippen LogP contribution in [0.5, 0.6) is 0 Å². The Bertz CT molecular complexity index is 832. The van der Waals surface area contributed by atoms with Gasteiger partial charge >= 0.3 is 5.69 Å². The first-order valence-electron chi connectivity index (χ1n) is 7.69. The van der Waals surface area contributed by atoms with E-state index >= 15 is 0 Å². The number of amides is 1. The number of aliphatic hydroxyl groups is 1. The summed E-state index contributed by atoms with van der Waals surface area (Å²) in [5.41, 5.74) is -1.40. The molecule has 0 saturated heterocycles. The fourth-order valence-corrected chi connectivity index (χ4v) is 2.91. The van der Waals surface area contributed by atoms with Crippen LogP contribution in [0.1, 0.15) is 47.8 Å². The summed E-state index contributed by atoms with van der Waals surface area (Å²) in [5.74, 6) is 0.994. The highest BCUT2D eigenvalue weighted by Crippen LogP contribution is 2.36. The van der Waals surface area contributed by atoms with Crippen molar-refractivity contribution in [2.45, 2.75) is 44.9 Å². The van der Waals surface area contributed by atoms with Gasteiger partial charge in [0.15, 0.2) is 5.82 Å². The number of hydrogen-bond acceptors (Lipinski definition) is 6. The summed E-state index contributed by atoms with van der Waals surface area (Å²) >= 11 is 0. The van der Waals surface area contributed by atoms with Crippen LogP contribution in [0.15, 0.2) is 15.7 Å². The molecule has 2 aromatic heterocycles. The Balaban J connectivity index is 1.63.